The number of nitrogens with two attached hydrogens (primary N) is 1. The van der Waals surface area contributed by atoms with Crippen molar-refractivity contribution >= 4 is 34.2 Å². The van der Waals surface area contributed by atoms with Crippen LogP contribution in [0.25, 0.3) is 16.6 Å². The van der Waals surface area contributed by atoms with Crippen LogP contribution in [0.2, 0.25) is 0 Å². The van der Waals surface area contributed by atoms with Gasteiger partial charge in [0.25, 0.3) is 0 Å². The summed E-state index contributed by atoms with van der Waals surface area (Å²) < 4.78 is 7.72. The highest BCUT2D eigenvalue weighted by molar-refractivity contribution is 6.29. The van der Waals surface area contributed by atoms with E-state index in [9.17, 15) is 14.7 Å². The molecule has 2 aliphatic heterocycles. The first kappa shape index (κ1) is 15.7. The van der Waals surface area contributed by atoms with E-state index in [0.717, 1.165) is 0 Å². The molecule has 0 spiro atoms. The Morgan fingerprint density at radius 3 is 3.00 bits per heavy atom. The van der Waals surface area contributed by atoms with Crippen molar-refractivity contribution in [2.45, 2.75) is 25.7 Å². The van der Waals surface area contributed by atoms with E-state index < -0.39 is 11.8 Å². The maximum Gasteiger partial charge on any atom is 0.250 e. The number of hydrogen-bond donors (Lipinski definition) is 3. The lowest BCUT2D eigenvalue weighted by Crippen LogP contribution is -2.17. The number of amides is 2. The second kappa shape index (κ2) is 5.64. The lowest BCUT2D eigenvalue weighted by molar-refractivity contribution is -0.114. The molecule has 4 N–H and O–H groups in total. The molecule has 3 atom stereocenters. The molecule has 25 heavy (non-hydrogen) atoms. The van der Waals surface area contributed by atoms with Crippen LogP contribution in [0.1, 0.15) is 25.1 Å². The second-order valence-corrected chi connectivity index (χ2v) is 6.33. The van der Waals surface area contributed by atoms with Crippen molar-refractivity contribution in [1.29, 1.82) is 0 Å². The molecule has 0 bridgehead atoms. The number of aromatic nitrogens is 3. The third-order valence-corrected chi connectivity index (χ3v) is 4.61. The molecular weight excluding hydrogens is 326 g/mol. The van der Waals surface area contributed by atoms with Crippen molar-refractivity contribution in [1.82, 2.24) is 14.5 Å². The molecule has 0 aliphatic carbocycles. The summed E-state index contributed by atoms with van der Waals surface area (Å²) in [4.78, 5) is 32.2. The van der Waals surface area contributed by atoms with E-state index in [0.29, 0.717) is 28.8 Å². The van der Waals surface area contributed by atoms with Crippen molar-refractivity contribution in [3.05, 3.63) is 24.2 Å². The zero-order valence-corrected chi connectivity index (χ0v) is 13.5. The number of carbonyl (C=O) groups excluding carboxylic acids is 2. The standard InChI is InChI=1S/C16H17N5O4/c1-7-2-8(5-22)25-16(7)21-4-10-9(13(17)24)3-11(23)20-14-12(10)15(21)19-6-18-14/h3-4,6-8,16,22H,2,5H2,1H3,(H2,17,24)(H,18,19,20,23)/t7-,8-,16+/m0/s1. The Balaban J connectivity index is 1.94. The third-order valence-electron chi connectivity index (χ3n) is 4.61. The van der Waals surface area contributed by atoms with E-state index in [1.165, 1.54) is 12.4 Å². The Morgan fingerprint density at radius 2 is 2.32 bits per heavy atom. The second-order valence-electron chi connectivity index (χ2n) is 6.33. The fourth-order valence-electron chi connectivity index (χ4n) is 3.52. The normalized spacial score (nSPS) is 25.6. The number of aliphatic hydroxyl groups is 1. The monoisotopic (exact) mass is 343 g/mol. The predicted octanol–water partition coefficient (Wildman–Crippen LogP) is 0.168. The van der Waals surface area contributed by atoms with Crippen LogP contribution >= 0.6 is 0 Å². The Labute approximate surface area is 142 Å². The molecule has 2 amide bonds. The van der Waals surface area contributed by atoms with Crippen molar-refractivity contribution in [3.8, 4) is 0 Å². The number of nitrogens with one attached hydrogen (secondary N) is 1. The van der Waals surface area contributed by atoms with Gasteiger partial charge in [-0.2, -0.15) is 0 Å². The molecule has 0 radical (unpaired) electrons. The Hall–Kier alpha value is -2.78. The van der Waals surface area contributed by atoms with Gasteiger partial charge in [-0.3, -0.25) is 9.59 Å². The number of anilines is 1. The van der Waals surface area contributed by atoms with Gasteiger partial charge >= 0.3 is 0 Å². The van der Waals surface area contributed by atoms with E-state index in [1.807, 2.05) is 11.5 Å². The summed E-state index contributed by atoms with van der Waals surface area (Å²) >= 11 is 0. The molecule has 2 aliphatic rings. The fraction of sp³-hybridized carbons (Fsp3) is 0.375. The van der Waals surface area contributed by atoms with Gasteiger partial charge in [-0.1, -0.05) is 6.92 Å². The predicted molar refractivity (Wildman–Crippen MR) is 88.1 cm³/mol. The number of primary amides is 1. The van der Waals surface area contributed by atoms with Gasteiger partial charge in [0, 0.05) is 23.8 Å². The number of hydrogen-bond acceptors (Lipinski definition) is 6. The highest BCUT2D eigenvalue weighted by atomic mass is 16.5. The molecule has 1 saturated heterocycles. The van der Waals surface area contributed by atoms with Gasteiger partial charge in [-0.25, -0.2) is 9.97 Å². The van der Waals surface area contributed by atoms with Crippen LogP contribution in [0.15, 0.2) is 18.6 Å². The molecule has 2 aromatic rings. The van der Waals surface area contributed by atoms with E-state index in [4.69, 9.17) is 10.5 Å². The topological polar surface area (TPSA) is 132 Å². The van der Waals surface area contributed by atoms with Gasteiger partial charge in [0.15, 0.2) is 0 Å². The van der Waals surface area contributed by atoms with Crippen LogP contribution in [-0.2, 0) is 14.3 Å². The summed E-state index contributed by atoms with van der Waals surface area (Å²) in [7, 11) is 0. The molecule has 0 saturated carbocycles. The van der Waals surface area contributed by atoms with Crippen LogP contribution in [-0.4, -0.2) is 44.2 Å². The smallest absolute Gasteiger partial charge is 0.250 e. The molecule has 0 unspecified atom stereocenters. The summed E-state index contributed by atoms with van der Waals surface area (Å²) in [5.74, 6) is -0.722. The maximum absolute atomic E-state index is 12.0. The quantitative estimate of drug-likeness (QED) is 0.727. The Bertz CT molecular complexity index is 919. The van der Waals surface area contributed by atoms with Crippen LogP contribution in [0.3, 0.4) is 0 Å². The highest BCUT2D eigenvalue weighted by Crippen LogP contribution is 2.40. The molecule has 9 nitrogen and oxygen atoms in total. The SMILES string of the molecule is C[C@H]1C[C@@H](CO)O[C@H]1n1cc2c3c(ncnc31)NC(=O)C=C2C(N)=O. The Morgan fingerprint density at radius 1 is 1.52 bits per heavy atom. The minimum absolute atomic E-state index is 0.0599. The van der Waals surface area contributed by atoms with Crippen LogP contribution < -0.4 is 11.1 Å². The number of aliphatic hydroxyl groups excluding tert-OH is 1. The van der Waals surface area contributed by atoms with Gasteiger partial charge in [0.1, 0.15) is 24.0 Å². The molecular formula is C16H17N5O4. The molecule has 4 heterocycles. The van der Waals surface area contributed by atoms with Gasteiger partial charge in [-0.05, 0) is 6.42 Å². The van der Waals surface area contributed by atoms with Gasteiger partial charge in [0.05, 0.1) is 23.7 Å². The van der Waals surface area contributed by atoms with Crippen LogP contribution in [0.4, 0.5) is 5.82 Å². The van der Waals surface area contributed by atoms with Gasteiger partial charge < -0.3 is 25.5 Å². The van der Waals surface area contributed by atoms with E-state index in [1.54, 1.807) is 6.20 Å². The molecule has 0 aromatic carbocycles. The lowest BCUT2D eigenvalue weighted by atomic mass is 10.1. The van der Waals surface area contributed by atoms with Crippen molar-refractivity contribution in [2.75, 3.05) is 11.9 Å². The molecule has 130 valence electrons. The van der Waals surface area contributed by atoms with Crippen molar-refractivity contribution in [2.24, 2.45) is 11.7 Å². The first-order chi connectivity index (χ1) is 12.0. The summed E-state index contributed by atoms with van der Waals surface area (Å²) in [6.45, 7) is 1.96. The van der Waals surface area contributed by atoms with E-state index in [-0.39, 0.29) is 30.4 Å². The maximum atomic E-state index is 12.0. The van der Waals surface area contributed by atoms with Crippen LogP contribution in [0.5, 0.6) is 0 Å². The number of carbonyl (C=O) groups is 2. The summed E-state index contributed by atoms with van der Waals surface area (Å²) in [6.07, 6.45) is 4.33. The zero-order chi connectivity index (χ0) is 17.7. The van der Waals surface area contributed by atoms with E-state index in [2.05, 4.69) is 15.3 Å². The fourth-order valence-corrected chi connectivity index (χ4v) is 3.52. The third kappa shape index (κ3) is 2.39. The summed E-state index contributed by atoms with van der Waals surface area (Å²) in [5, 5.41) is 12.6. The molecule has 2 aromatic heterocycles. The minimum Gasteiger partial charge on any atom is -0.394 e. The molecule has 9 heteroatoms. The average molecular weight is 343 g/mol. The number of ether oxygens (including phenoxy) is 1. The first-order valence-electron chi connectivity index (χ1n) is 7.94. The van der Waals surface area contributed by atoms with Crippen LogP contribution in [0, 0.1) is 5.92 Å². The number of rotatable bonds is 3. The minimum atomic E-state index is -0.709. The first-order valence-corrected chi connectivity index (χ1v) is 7.94. The molecule has 1 fully saturated rings. The van der Waals surface area contributed by atoms with Crippen molar-refractivity contribution in [3.63, 3.8) is 0 Å². The van der Waals surface area contributed by atoms with Gasteiger partial charge in [0.2, 0.25) is 11.8 Å². The van der Waals surface area contributed by atoms with Gasteiger partial charge in [-0.15, -0.1) is 0 Å². The highest BCUT2D eigenvalue weighted by Gasteiger charge is 2.35. The zero-order valence-electron chi connectivity index (χ0n) is 13.5. The molecule has 4 rings (SSSR count). The largest absolute Gasteiger partial charge is 0.394 e. The summed E-state index contributed by atoms with van der Waals surface area (Å²) in [5.41, 5.74) is 6.58. The summed E-state index contributed by atoms with van der Waals surface area (Å²) in [6, 6.07) is 0. The van der Waals surface area contributed by atoms with Crippen molar-refractivity contribution < 1.29 is 19.4 Å². The Kier molecular flexibility index (Phi) is 3.55. The number of nitrogens with zero attached hydrogens (tertiary/aromatic N) is 3. The lowest BCUT2D eigenvalue weighted by Gasteiger charge is -2.18. The van der Waals surface area contributed by atoms with E-state index >= 15 is 0 Å². The average Bonchev–Trinajstić information content (AvgIpc) is 3.09.